The Morgan fingerprint density at radius 1 is 1.14 bits per heavy atom. The van der Waals surface area contributed by atoms with E-state index in [1.165, 1.54) is 23.5 Å². The van der Waals surface area contributed by atoms with Crippen LogP contribution in [0.25, 0.3) is 0 Å². The van der Waals surface area contributed by atoms with Crippen LogP contribution >= 0.6 is 15.9 Å². The lowest BCUT2D eigenvalue weighted by Gasteiger charge is -2.21. The van der Waals surface area contributed by atoms with Gasteiger partial charge < -0.3 is 5.11 Å². The molecule has 0 aromatic heterocycles. The van der Waals surface area contributed by atoms with Crippen molar-refractivity contribution in [3.63, 3.8) is 0 Å². The number of rotatable bonds is 7. The number of hydrogen-bond acceptors (Lipinski definition) is 3. The van der Waals surface area contributed by atoms with Gasteiger partial charge in [-0.25, -0.2) is 12.8 Å². The van der Waals surface area contributed by atoms with Crippen molar-refractivity contribution in [1.29, 1.82) is 0 Å². The molecule has 1 unspecified atom stereocenters. The zero-order chi connectivity index (χ0) is 21.2. The van der Waals surface area contributed by atoms with E-state index in [0.29, 0.717) is 24.1 Å². The van der Waals surface area contributed by atoms with Gasteiger partial charge in [-0.3, -0.25) is 9.10 Å². The average Bonchev–Trinajstić information content (AvgIpc) is 2.74. The van der Waals surface area contributed by atoms with Gasteiger partial charge in [0.05, 0.1) is 15.1 Å². The van der Waals surface area contributed by atoms with Crippen molar-refractivity contribution in [2.75, 3.05) is 11.4 Å². The molecule has 0 saturated heterocycles. The van der Waals surface area contributed by atoms with E-state index >= 15 is 0 Å². The summed E-state index contributed by atoms with van der Waals surface area (Å²) in [5.41, 5.74) is 1.91. The van der Waals surface area contributed by atoms with Gasteiger partial charge in [0.25, 0.3) is 10.0 Å². The van der Waals surface area contributed by atoms with E-state index in [0.717, 1.165) is 24.8 Å². The largest absolute Gasteiger partial charge is 0.481 e. The number of halogens is 2. The molecule has 1 aliphatic rings. The van der Waals surface area contributed by atoms with Crippen molar-refractivity contribution in [3.8, 4) is 0 Å². The summed E-state index contributed by atoms with van der Waals surface area (Å²) in [7, 11) is -2.30. The molecule has 3 rings (SSSR count). The number of carboxylic acid groups (broad SMARTS) is 1. The summed E-state index contributed by atoms with van der Waals surface area (Å²) in [6.45, 7) is 0. The summed E-state index contributed by atoms with van der Waals surface area (Å²) in [5, 5.41) is 8.75. The van der Waals surface area contributed by atoms with Gasteiger partial charge >= 0.3 is 5.97 Å². The monoisotopic (exact) mass is 483 g/mol. The molecule has 156 valence electrons. The highest BCUT2D eigenvalue weighted by Crippen LogP contribution is 2.44. The highest BCUT2D eigenvalue weighted by Gasteiger charge is 2.35. The number of carboxylic acids is 1. The normalized spacial score (nSPS) is 17.3. The highest BCUT2D eigenvalue weighted by molar-refractivity contribution is 9.10. The summed E-state index contributed by atoms with van der Waals surface area (Å²) in [4.78, 5) is 10.8. The van der Waals surface area contributed by atoms with Gasteiger partial charge in [0.2, 0.25) is 0 Å². The van der Waals surface area contributed by atoms with Crippen molar-refractivity contribution in [1.82, 2.24) is 0 Å². The molecule has 1 aliphatic heterocycles. The topological polar surface area (TPSA) is 74.7 Å². The Kier molecular flexibility index (Phi) is 6.63. The second-order valence-corrected chi connectivity index (χ2v) is 10.0. The molecule has 1 atom stereocenters. The maximum absolute atomic E-state index is 14.4. The second-order valence-electron chi connectivity index (χ2n) is 7.23. The molecule has 2 aromatic rings. The molecular formula is C21H23BrFNO4S. The predicted molar refractivity (Wildman–Crippen MR) is 113 cm³/mol. The summed E-state index contributed by atoms with van der Waals surface area (Å²) < 4.78 is 42.2. The smallest absolute Gasteiger partial charge is 0.303 e. The Balaban J connectivity index is 1.98. The van der Waals surface area contributed by atoms with Crippen molar-refractivity contribution in [2.45, 2.75) is 49.3 Å². The number of para-hydroxylation sites is 1. The van der Waals surface area contributed by atoms with E-state index in [2.05, 4.69) is 15.9 Å². The van der Waals surface area contributed by atoms with Gasteiger partial charge in [0, 0.05) is 19.4 Å². The van der Waals surface area contributed by atoms with Crippen molar-refractivity contribution in [2.24, 2.45) is 0 Å². The molecular weight excluding hydrogens is 461 g/mol. The Bertz CT molecular complexity index is 1030. The molecule has 0 aliphatic carbocycles. The van der Waals surface area contributed by atoms with Crippen LogP contribution in [0.5, 0.6) is 0 Å². The molecule has 29 heavy (non-hydrogen) atoms. The Labute approximate surface area is 178 Å². The van der Waals surface area contributed by atoms with Crippen LogP contribution in [0.3, 0.4) is 0 Å². The van der Waals surface area contributed by atoms with Gasteiger partial charge in [-0.15, -0.1) is 0 Å². The molecule has 8 heteroatoms. The molecule has 1 heterocycles. The number of nitrogens with zero attached hydrogens (tertiary/aromatic N) is 1. The minimum atomic E-state index is -3.82. The fraction of sp³-hybridized carbons (Fsp3) is 0.381. The third-order valence-corrected chi connectivity index (χ3v) is 7.79. The minimum Gasteiger partial charge on any atom is -0.481 e. The molecule has 0 bridgehead atoms. The number of aliphatic carboxylic acids is 1. The molecule has 0 radical (unpaired) electrons. The van der Waals surface area contributed by atoms with Crippen LogP contribution in [0.15, 0.2) is 45.8 Å². The number of anilines is 1. The van der Waals surface area contributed by atoms with Crippen LogP contribution in [0.4, 0.5) is 10.1 Å². The van der Waals surface area contributed by atoms with Crippen molar-refractivity contribution >= 4 is 37.6 Å². The minimum absolute atomic E-state index is 0.111. The average molecular weight is 484 g/mol. The summed E-state index contributed by atoms with van der Waals surface area (Å²) in [6, 6.07) is 9.99. The fourth-order valence-corrected chi connectivity index (χ4v) is 5.82. The van der Waals surface area contributed by atoms with Gasteiger partial charge in [0.1, 0.15) is 5.82 Å². The number of fused-ring (bicyclic) bond motifs is 2. The number of hydrogen-bond donors (Lipinski definition) is 1. The molecule has 0 saturated carbocycles. The maximum atomic E-state index is 14.4. The van der Waals surface area contributed by atoms with E-state index < -0.39 is 21.8 Å². The quantitative estimate of drug-likeness (QED) is 0.543. The Morgan fingerprint density at radius 3 is 2.55 bits per heavy atom. The van der Waals surface area contributed by atoms with E-state index in [9.17, 15) is 17.6 Å². The SMILES string of the molecule is CN1c2ccccc2C(CCCCCCC(=O)O)c2cc(F)c(Br)cc2S1(=O)=O. The molecule has 0 spiro atoms. The highest BCUT2D eigenvalue weighted by atomic mass is 79.9. The van der Waals surface area contributed by atoms with Crippen LogP contribution in [0.2, 0.25) is 0 Å². The third-order valence-electron chi connectivity index (χ3n) is 5.35. The summed E-state index contributed by atoms with van der Waals surface area (Å²) in [5.74, 6) is -1.55. The van der Waals surface area contributed by atoms with Crippen LogP contribution in [-0.4, -0.2) is 26.5 Å². The molecule has 2 aromatic carbocycles. The zero-order valence-electron chi connectivity index (χ0n) is 16.1. The van der Waals surface area contributed by atoms with E-state index in [1.54, 1.807) is 12.1 Å². The van der Waals surface area contributed by atoms with Crippen LogP contribution < -0.4 is 4.31 Å². The predicted octanol–water partition coefficient (Wildman–Crippen LogP) is 5.28. The van der Waals surface area contributed by atoms with E-state index in [1.807, 2.05) is 12.1 Å². The Hall–Kier alpha value is -1.93. The van der Waals surface area contributed by atoms with E-state index in [4.69, 9.17) is 5.11 Å². The van der Waals surface area contributed by atoms with Crippen molar-refractivity contribution < 1.29 is 22.7 Å². The zero-order valence-corrected chi connectivity index (χ0v) is 18.5. The van der Waals surface area contributed by atoms with Gasteiger partial charge in [-0.1, -0.05) is 37.5 Å². The molecule has 0 fully saturated rings. The van der Waals surface area contributed by atoms with E-state index in [-0.39, 0.29) is 21.7 Å². The number of benzene rings is 2. The first kappa shape index (κ1) is 21.8. The van der Waals surface area contributed by atoms with Crippen LogP contribution in [0.1, 0.15) is 55.6 Å². The number of sulfonamides is 1. The Morgan fingerprint density at radius 2 is 1.83 bits per heavy atom. The first-order chi connectivity index (χ1) is 13.7. The van der Waals surface area contributed by atoms with Gasteiger partial charge in [0.15, 0.2) is 0 Å². The summed E-state index contributed by atoms with van der Waals surface area (Å²) in [6.07, 6.45) is 3.84. The van der Waals surface area contributed by atoms with Crippen molar-refractivity contribution in [3.05, 3.63) is 57.8 Å². The number of unbranched alkanes of at least 4 members (excludes halogenated alkanes) is 3. The first-order valence-electron chi connectivity index (χ1n) is 9.52. The standard InChI is InChI=1S/C21H23BrFNO4S/c1-24-19-10-7-6-9-15(19)14(8-4-2-3-5-11-21(25)26)16-12-18(23)17(22)13-20(16)29(24,27)28/h6-7,9-10,12-14H,2-5,8,11H2,1H3,(H,25,26). The van der Waals surface area contributed by atoms with Crippen LogP contribution in [-0.2, 0) is 14.8 Å². The second kappa shape index (κ2) is 8.83. The molecule has 5 nitrogen and oxygen atoms in total. The van der Waals surface area contributed by atoms with Gasteiger partial charge in [-0.2, -0.15) is 0 Å². The number of carbonyl (C=O) groups is 1. The summed E-state index contributed by atoms with van der Waals surface area (Å²) >= 11 is 3.11. The molecule has 1 N–H and O–H groups in total. The first-order valence-corrected chi connectivity index (χ1v) is 11.8. The lowest BCUT2D eigenvalue weighted by atomic mass is 9.85. The lowest BCUT2D eigenvalue weighted by molar-refractivity contribution is -0.137. The fourth-order valence-electron chi connectivity index (χ4n) is 3.84. The lowest BCUT2D eigenvalue weighted by Crippen LogP contribution is -2.26. The third kappa shape index (κ3) is 4.48. The maximum Gasteiger partial charge on any atom is 0.303 e. The molecule has 0 amide bonds. The van der Waals surface area contributed by atoms with Gasteiger partial charge in [-0.05, 0) is 58.1 Å². The van der Waals surface area contributed by atoms with Crippen LogP contribution in [0, 0.1) is 5.82 Å².